The second-order valence-electron chi connectivity index (χ2n) is 5.95. The highest BCUT2D eigenvalue weighted by Crippen LogP contribution is 2.33. The zero-order valence-electron chi connectivity index (χ0n) is 14.0. The molecule has 2 aromatic rings. The van der Waals surface area contributed by atoms with Crippen LogP contribution in [-0.2, 0) is 14.1 Å². The van der Waals surface area contributed by atoms with Gasteiger partial charge in [-0.3, -0.25) is 13.9 Å². The van der Waals surface area contributed by atoms with E-state index in [0.29, 0.717) is 10.4 Å². The van der Waals surface area contributed by atoms with Crippen LogP contribution in [0, 0.1) is 11.3 Å². The van der Waals surface area contributed by atoms with E-state index in [1.807, 2.05) is 6.07 Å². The van der Waals surface area contributed by atoms with Gasteiger partial charge in [-0.15, -0.1) is 10.2 Å². The first kappa shape index (κ1) is 17.7. The third-order valence-corrected chi connectivity index (χ3v) is 6.32. The predicted molar refractivity (Wildman–Crippen MR) is 96.2 cm³/mol. The summed E-state index contributed by atoms with van der Waals surface area (Å²) in [5, 5.41) is 22.0. The van der Waals surface area contributed by atoms with Gasteiger partial charge in [0.05, 0.1) is 0 Å². The van der Waals surface area contributed by atoms with Crippen LogP contribution in [-0.4, -0.2) is 25.4 Å². The highest BCUT2D eigenvalue weighted by Gasteiger charge is 2.19. The number of hydrogen-bond acceptors (Lipinski definition) is 8. The lowest BCUT2D eigenvalue weighted by molar-refractivity contribution is 0.462. The maximum atomic E-state index is 12.1. The lowest BCUT2D eigenvalue weighted by atomic mass is 9.96. The Balaban J connectivity index is 1.85. The molecule has 1 saturated carbocycles. The quantitative estimate of drug-likeness (QED) is 0.807. The molecule has 0 saturated heterocycles. The molecular weight excluding hydrogens is 360 g/mol. The summed E-state index contributed by atoms with van der Waals surface area (Å²) in [6.45, 7) is 0. The Morgan fingerprint density at radius 2 is 1.92 bits per heavy atom. The van der Waals surface area contributed by atoms with E-state index in [1.165, 1.54) is 49.3 Å². The van der Waals surface area contributed by atoms with E-state index >= 15 is 0 Å². The summed E-state index contributed by atoms with van der Waals surface area (Å²) in [7, 11) is 2.89. The third kappa shape index (κ3) is 3.62. The van der Waals surface area contributed by atoms with Crippen LogP contribution in [0.3, 0.4) is 0 Å². The number of hydrogen-bond donors (Lipinski definition) is 1. The molecular formula is C15H18N6O2S2. The van der Waals surface area contributed by atoms with Gasteiger partial charge in [-0.1, -0.05) is 30.6 Å². The smallest absolute Gasteiger partial charge is 0.331 e. The van der Waals surface area contributed by atoms with Crippen molar-refractivity contribution in [2.75, 3.05) is 5.32 Å². The first-order valence-electron chi connectivity index (χ1n) is 7.99. The average molecular weight is 378 g/mol. The second kappa shape index (κ2) is 7.41. The van der Waals surface area contributed by atoms with Crippen LogP contribution in [0.4, 0.5) is 5.13 Å². The summed E-state index contributed by atoms with van der Waals surface area (Å²) in [6, 6.07) is 2.31. The normalized spacial score (nSPS) is 15.1. The molecule has 25 heavy (non-hydrogen) atoms. The summed E-state index contributed by atoms with van der Waals surface area (Å²) >= 11 is 2.48. The van der Waals surface area contributed by atoms with Crippen LogP contribution in [0.5, 0.6) is 0 Å². The van der Waals surface area contributed by atoms with Crippen molar-refractivity contribution < 1.29 is 0 Å². The first-order valence-corrected chi connectivity index (χ1v) is 9.62. The topological polar surface area (TPSA) is 106 Å². The third-order valence-electron chi connectivity index (χ3n) is 4.25. The highest BCUT2D eigenvalue weighted by atomic mass is 32.2. The van der Waals surface area contributed by atoms with E-state index in [1.54, 1.807) is 0 Å². The van der Waals surface area contributed by atoms with E-state index in [4.69, 9.17) is 0 Å². The van der Waals surface area contributed by atoms with Crippen molar-refractivity contribution in [2.45, 2.75) is 47.5 Å². The molecule has 0 bridgehead atoms. The van der Waals surface area contributed by atoms with E-state index < -0.39 is 11.2 Å². The van der Waals surface area contributed by atoms with Crippen molar-refractivity contribution >= 4 is 28.2 Å². The molecule has 0 spiro atoms. The molecule has 1 fully saturated rings. The fraction of sp³-hybridized carbons (Fsp3) is 0.533. The van der Waals surface area contributed by atoms with Crippen molar-refractivity contribution in [3.63, 3.8) is 0 Å². The van der Waals surface area contributed by atoms with Gasteiger partial charge in [-0.2, -0.15) is 5.26 Å². The van der Waals surface area contributed by atoms with Crippen LogP contribution in [0.2, 0.25) is 0 Å². The molecule has 0 radical (unpaired) electrons. The molecule has 0 atom stereocenters. The maximum absolute atomic E-state index is 12.1. The zero-order valence-corrected chi connectivity index (χ0v) is 15.6. The molecule has 8 nitrogen and oxygen atoms in total. The molecule has 1 aliphatic rings. The van der Waals surface area contributed by atoms with Gasteiger partial charge in [0, 0.05) is 20.1 Å². The van der Waals surface area contributed by atoms with Gasteiger partial charge in [0.1, 0.15) is 16.7 Å². The Bertz CT molecular complexity index is 933. The molecule has 10 heteroatoms. The molecule has 3 rings (SSSR count). The van der Waals surface area contributed by atoms with Gasteiger partial charge < -0.3 is 5.32 Å². The Morgan fingerprint density at radius 3 is 2.60 bits per heavy atom. The van der Waals surface area contributed by atoms with Crippen molar-refractivity contribution in [1.29, 1.82) is 5.26 Å². The number of nitrogens with zero attached hydrogens (tertiary/aromatic N) is 5. The number of anilines is 1. The molecule has 0 amide bonds. The van der Waals surface area contributed by atoms with Crippen LogP contribution in [0.15, 0.2) is 19.0 Å². The van der Waals surface area contributed by atoms with Crippen molar-refractivity contribution in [2.24, 2.45) is 14.1 Å². The fourth-order valence-electron chi connectivity index (χ4n) is 2.85. The standard InChI is InChI=1S/C15H18N6O2S2/c1-20-11(22)10(8-16)12(21(2)15(20)23)24-14-19-18-13(25-14)17-9-6-4-3-5-7-9/h9H,3-7H2,1-2H3,(H,17,18). The van der Waals surface area contributed by atoms with Gasteiger partial charge in [0.2, 0.25) is 5.13 Å². The van der Waals surface area contributed by atoms with Gasteiger partial charge in [0.25, 0.3) is 5.56 Å². The van der Waals surface area contributed by atoms with E-state index in [9.17, 15) is 14.9 Å². The second-order valence-corrected chi connectivity index (χ2v) is 8.17. The van der Waals surface area contributed by atoms with Crippen LogP contribution < -0.4 is 16.6 Å². The highest BCUT2D eigenvalue weighted by molar-refractivity contribution is 8.01. The minimum atomic E-state index is -0.599. The summed E-state index contributed by atoms with van der Waals surface area (Å²) < 4.78 is 2.80. The molecule has 2 aromatic heterocycles. The molecule has 0 aliphatic heterocycles. The van der Waals surface area contributed by atoms with E-state index in [0.717, 1.165) is 34.3 Å². The monoisotopic (exact) mass is 378 g/mol. The van der Waals surface area contributed by atoms with Crippen LogP contribution >= 0.6 is 23.1 Å². The van der Waals surface area contributed by atoms with Crippen molar-refractivity contribution in [3.8, 4) is 6.07 Å². The van der Waals surface area contributed by atoms with E-state index in [2.05, 4.69) is 15.5 Å². The molecule has 2 heterocycles. The summed E-state index contributed by atoms with van der Waals surface area (Å²) in [5.74, 6) is 0. The molecule has 0 aromatic carbocycles. The number of nitrogens with one attached hydrogen (secondary N) is 1. The average Bonchev–Trinajstić information content (AvgIpc) is 3.06. The lowest BCUT2D eigenvalue weighted by Gasteiger charge is -2.21. The largest absolute Gasteiger partial charge is 0.357 e. The van der Waals surface area contributed by atoms with Crippen molar-refractivity contribution in [1.82, 2.24) is 19.3 Å². The van der Waals surface area contributed by atoms with Crippen LogP contribution in [0.1, 0.15) is 37.7 Å². The number of rotatable bonds is 4. The Labute approximate surface area is 152 Å². The summed E-state index contributed by atoms with van der Waals surface area (Å²) in [6.07, 6.45) is 5.98. The minimum absolute atomic E-state index is 0.0633. The van der Waals surface area contributed by atoms with Gasteiger partial charge >= 0.3 is 5.69 Å². The molecule has 1 aliphatic carbocycles. The number of aromatic nitrogens is 4. The SMILES string of the molecule is Cn1c(Sc2nnc(NC3CCCCC3)s2)c(C#N)c(=O)n(C)c1=O. The van der Waals surface area contributed by atoms with Gasteiger partial charge in [-0.05, 0) is 24.6 Å². The minimum Gasteiger partial charge on any atom is -0.357 e. The zero-order chi connectivity index (χ0) is 18.0. The van der Waals surface area contributed by atoms with Crippen molar-refractivity contribution in [3.05, 3.63) is 26.4 Å². The van der Waals surface area contributed by atoms with Crippen LogP contribution in [0.25, 0.3) is 0 Å². The van der Waals surface area contributed by atoms with E-state index in [-0.39, 0.29) is 10.6 Å². The molecule has 132 valence electrons. The Morgan fingerprint density at radius 1 is 1.20 bits per heavy atom. The van der Waals surface area contributed by atoms with Gasteiger partial charge in [0.15, 0.2) is 4.34 Å². The Kier molecular flexibility index (Phi) is 5.24. The first-order chi connectivity index (χ1) is 12.0. The summed E-state index contributed by atoms with van der Waals surface area (Å²) in [4.78, 5) is 24.2. The molecule has 0 unspecified atom stereocenters. The maximum Gasteiger partial charge on any atom is 0.331 e. The van der Waals surface area contributed by atoms with Gasteiger partial charge in [-0.25, -0.2) is 4.79 Å². The Hall–Kier alpha value is -2.12. The summed E-state index contributed by atoms with van der Waals surface area (Å²) in [5.41, 5.74) is -1.14. The predicted octanol–water partition coefficient (Wildman–Crippen LogP) is 1.70. The lowest BCUT2D eigenvalue weighted by Crippen LogP contribution is -2.39. The number of nitriles is 1. The molecule has 1 N–H and O–H groups in total. The fourth-order valence-corrected chi connectivity index (χ4v) is 4.75.